The van der Waals surface area contributed by atoms with E-state index in [2.05, 4.69) is 16.4 Å². The molecule has 25 heavy (non-hydrogen) atoms. The third-order valence-corrected chi connectivity index (χ3v) is 5.56. The maximum absolute atomic E-state index is 13.1. The summed E-state index contributed by atoms with van der Waals surface area (Å²) in [5.74, 6) is 1.12. The quantitative estimate of drug-likeness (QED) is 0.732. The predicted molar refractivity (Wildman–Crippen MR) is 103 cm³/mol. The Morgan fingerprint density at radius 2 is 1.80 bits per heavy atom. The standard InChI is InChI=1S/C18H18FN3S.ClH.H2O/c1-11-21-15-10-16(12-2-4-14(19)5-3-12)23-18(15)17(22-11)13-6-8-20-9-7-13;;/h2-5,10,13,20H,6-9H2,1H3;1H;1H2. The van der Waals surface area contributed by atoms with Crippen molar-refractivity contribution in [1.29, 1.82) is 0 Å². The van der Waals surface area contributed by atoms with Crippen molar-refractivity contribution in [3.05, 3.63) is 47.7 Å². The minimum Gasteiger partial charge on any atom is -0.412 e. The molecule has 1 fully saturated rings. The van der Waals surface area contributed by atoms with Crippen LogP contribution in [0, 0.1) is 12.7 Å². The fourth-order valence-corrected chi connectivity index (χ4v) is 4.37. The molecular weight excluding hydrogens is 361 g/mol. The number of piperidine rings is 1. The van der Waals surface area contributed by atoms with Crippen LogP contribution in [0.5, 0.6) is 0 Å². The van der Waals surface area contributed by atoms with Gasteiger partial charge in [0.1, 0.15) is 11.6 Å². The minimum absolute atomic E-state index is 0. The molecule has 3 aromatic rings. The van der Waals surface area contributed by atoms with E-state index in [-0.39, 0.29) is 23.7 Å². The molecule has 2 aromatic heterocycles. The molecule has 3 N–H and O–H groups in total. The van der Waals surface area contributed by atoms with Gasteiger partial charge in [0.2, 0.25) is 0 Å². The van der Waals surface area contributed by atoms with Gasteiger partial charge in [-0.05, 0) is 56.6 Å². The van der Waals surface area contributed by atoms with Gasteiger partial charge in [-0.25, -0.2) is 14.4 Å². The lowest BCUT2D eigenvalue weighted by atomic mass is 9.94. The zero-order valence-electron chi connectivity index (χ0n) is 13.9. The molecule has 0 spiro atoms. The summed E-state index contributed by atoms with van der Waals surface area (Å²) < 4.78 is 14.3. The van der Waals surface area contributed by atoms with Gasteiger partial charge in [-0.2, -0.15) is 0 Å². The maximum atomic E-state index is 13.1. The average molecular weight is 382 g/mol. The van der Waals surface area contributed by atoms with Gasteiger partial charge in [0.15, 0.2) is 0 Å². The number of aromatic nitrogens is 2. The Morgan fingerprint density at radius 3 is 2.48 bits per heavy atom. The van der Waals surface area contributed by atoms with E-state index in [4.69, 9.17) is 4.98 Å². The summed E-state index contributed by atoms with van der Waals surface area (Å²) in [4.78, 5) is 10.5. The number of halogens is 2. The molecule has 0 aliphatic carbocycles. The van der Waals surface area contributed by atoms with E-state index in [1.54, 1.807) is 11.3 Å². The number of nitrogens with zero attached hydrogens (tertiary/aromatic N) is 2. The van der Waals surface area contributed by atoms with Crippen molar-refractivity contribution in [2.45, 2.75) is 25.7 Å². The van der Waals surface area contributed by atoms with Crippen LogP contribution in [-0.2, 0) is 0 Å². The summed E-state index contributed by atoms with van der Waals surface area (Å²) in [6.45, 7) is 4.05. The molecule has 1 aromatic carbocycles. The molecule has 0 bridgehead atoms. The fourth-order valence-electron chi connectivity index (χ4n) is 3.20. The zero-order valence-corrected chi connectivity index (χ0v) is 15.5. The highest BCUT2D eigenvalue weighted by Crippen LogP contribution is 2.38. The van der Waals surface area contributed by atoms with Gasteiger partial charge >= 0.3 is 0 Å². The van der Waals surface area contributed by atoms with Crippen LogP contribution in [0.15, 0.2) is 30.3 Å². The normalized spacial score (nSPS) is 14.8. The van der Waals surface area contributed by atoms with E-state index in [0.717, 1.165) is 47.7 Å². The Kier molecular flexibility index (Phi) is 6.46. The summed E-state index contributed by atoms with van der Waals surface area (Å²) in [7, 11) is 0. The Balaban J connectivity index is 0.00000113. The highest BCUT2D eigenvalue weighted by Gasteiger charge is 2.21. The summed E-state index contributed by atoms with van der Waals surface area (Å²) in [6, 6.07) is 8.76. The number of benzene rings is 1. The Morgan fingerprint density at radius 1 is 1.12 bits per heavy atom. The number of hydrogen-bond acceptors (Lipinski definition) is 4. The van der Waals surface area contributed by atoms with Crippen LogP contribution in [0.3, 0.4) is 0 Å². The van der Waals surface area contributed by atoms with Crippen molar-refractivity contribution < 1.29 is 9.87 Å². The molecule has 3 heterocycles. The first-order chi connectivity index (χ1) is 11.2. The lowest BCUT2D eigenvalue weighted by Gasteiger charge is -2.22. The molecule has 1 saturated heterocycles. The van der Waals surface area contributed by atoms with Crippen molar-refractivity contribution in [3.63, 3.8) is 0 Å². The van der Waals surface area contributed by atoms with E-state index in [1.807, 2.05) is 19.1 Å². The van der Waals surface area contributed by atoms with Crippen molar-refractivity contribution in [1.82, 2.24) is 15.3 Å². The van der Waals surface area contributed by atoms with Crippen LogP contribution in [0.1, 0.15) is 30.3 Å². The summed E-state index contributed by atoms with van der Waals surface area (Å²) in [6.07, 6.45) is 2.24. The number of rotatable bonds is 2. The van der Waals surface area contributed by atoms with Crippen LogP contribution in [0.2, 0.25) is 0 Å². The molecule has 0 amide bonds. The lowest BCUT2D eigenvalue weighted by molar-refractivity contribution is 0.455. The van der Waals surface area contributed by atoms with Crippen molar-refractivity contribution in [2.24, 2.45) is 0 Å². The number of thiophene rings is 1. The van der Waals surface area contributed by atoms with Gasteiger partial charge in [0.05, 0.1) is 15.9 Å². The topological polar surface area (TPSA) is 69.3 Å². The van der Waals surface area contributed by atoms with Crippen LogP contribution in [0.25, 0.3) is 20.7 Å². The second kappa shape index (κ2) is 8.19. The van der Waals surface area contributed by atoms with E-state index in [1.165, 1.54) is 22.5 Å². The second-order valence-electron chi connectivity index (χ2n) is 6.01. The molecule has 1 aliphatic heterocycles. The Bertz CT molecular complexity index is 847. The Hall–Kier alpha value is -1.60. The van der Waals surface area contributed by atoms with Crippen LogP contribution < -0.4 is 5.32 Å². The monoisotopic (exact) mass is 381 g/mol. The van der Waals surface area contributed by atoms with Crippen LogP contribution >= 0.6 is 23.7 Å². The summed E-state index contributed by atoms with van der Waals surface area (Å²) in [5, 5.41) is 3.41. The predicted octanol–water partition coefficient (Wildman–Crippen LogP) is 3.87. The number of hydrogen-bond donors (Lipinski definition) is 1. The highest BCUT2D eigenvalue weighted by molar-refractivity contribution is 7.22. The van der Waals surface area contributed by atoms with Crippen molar-refractivity contribution in [3.8, 4) is 10.4 Å². The minimum atomic E-state index is -0.208. The summed E-state index contributed by atoms with van der Waals surface area (Å²) in [5.41, 5.74) is 3.23. The van der Waals surface area contributed by atoms with E-state index in [9.17, 15) is 4.39 Å². The van der Waals surface area contributed by atoms with Gasteiger partial charge in [-0.1, -0.05) is 12.1 Å². The molecule has 1 aliphatic rings. The average Bonchev–Trinajstić information content (AvgIpc) is 2.99. The largest absolute Gasteiger partial charge is 0.412 e. The molecule has 4 nitrogen and oxygen atoms in total. The van der Waals surface area contributed by atoms with Gasteiger partial charge < -0.3 is 10.8 Å². The summed E-state index contributed by atoms with van der Waals surface area (Å²) >= 11 is 1.72. The van der Waals surface area contributed by atoms with E-state index in [0.29, 0.717) is 5.92 Å². The molecule has 0 saturated carbocycles. The van der Waals surface area contributed by atoms with Crippen LogP contribution in [-0.4, -0.2) is 28.5 Å². The number of fused-ring (bicyclic) bond motifs is 1. The third-order valence-electron chi connectivity index (χ3n) is 4.36. The van der Waals surface area contributed by atoms with Crippen LogP contribution in [0.4, 0.5) is 4.39 Å². The smallest absolute Gasteiger partial charge is 0.126 e. The van der Waals surface area contributed by atoms with Gasteiger partial charge in [0, 0.05) is 10.8 Å². The van der Waals surface area contributed by atoms with Gasteiger partial charge in [-0.15, -0.1) is 23.7 Å². The van der Waals surface area contributed by atoms with E-state index >= 15 is 0 Å². The highest BCUT2D eigenvalue weighted by atomic mass is 35.5. The zero-order chi connectivity index (χ0) is 15.8. The molecule has 0 unspecified atom stereocenters. The SMILES string of the molecule is Cc1nc(C2CCNCC2)c2sc(-c3ccc(F)cc3)cc2n1.Cl.O. The molecule has 0 radical (unpaired) electrons. The molecule has 7 heteroatoms. The first kappa shape index (κ1) is 19.7. The maximum Gasteiger partial charge on any atom is 0.126 e. The second-order valence-corrected chi connectivity index (χ2v) is 7.06. The number of aryl methyl sites for hydroxylation is 1. The van der Waals surface area contributed by atoms with Crippen molar-refractivity contribution in [2.75, 3.05) is 13.1 Å². The molecule has 0 atom stereocenters. The fraction of sp³-hybridized carbons (Fsp3) is 0.333. The first-order valence-electron chi connectivity index (χ1n) is 7.95. The third kappa shape index (κ3) is 3.98. The Labute approximate surface area is 156 Å². The van der Waals surface area contributed by atoms with E-state index < -0.39 is 0 Å². The van der Waals surface area contributed by atoms with Gasteiger partial charge in [0.25, 0.3) is 0 Å². The molecule has 4 rings (SSSR count). The molecular formula is C18H21ClFN3OS. The van der Waals surface area contributed by atoms with Crippen molar-refractivity contribution >= 4 is 34.0 Å². The number of nitrogens with one attached hydrogen (secondary N) is 1. The molecule has 134 valence electrons. The first-order valence-corrected chi connectivity index (χ1v) is 8.77. The van der Waals surface area contributed by atoms with Gasteiger partial charge in [-0.3, -0.25) is 0 Å². The lowest BCUT2D eigenvalue weighted by Crippen LogP contribution is -2.27.